The lowest BCUT2D eigenvalue weighted by Gasteiger charge is -2.14. The summed E-state index contributed by atoms with van der Waals surface area (Å²) in [5.74, 6) is 0.641. The van der Waals surface area contributed by atoms with Crippen LogP contribution in [0.1, 0.15) is 5.56 Å². The van der Waals surface area contributed by atoms with Crippen LogP contribution in [-0.4, -0.2) is 8.76 Å². The Labute approximate surface area is 137 Å². The van der Waals surface area contributed by atoms with E-state index in [1.54, 1.807) is 18.2 Å². The van der Waals surface area contributed by atoms with Gasteiger partial charge >= 0.3 is 0 Å². The van der Waals surface area contributed by atoms with Crippen molar-refractivity contribution < 1.29 is 13.5 Å². The van der Waals surface area contributed by atoms with E-state index >= 15 is 0 Å². The summed E-state index contributed by atoms with van der Waals surface area (Å²) in [6.45, 7) is 0.439. The molecule has 0 spiro atoms. The number of benzene rings is 3. The smallest absolute Gasteiger partial charge is 0.120 e. The molecule has 0 bridgehead atoms. The molecule has 0 radical (unpaired) electrons. The molecule has 0 N–H and O–H groups in total. The maximum Gasteiger partial charge on any atom is 0.120 e. The minimum absolute atomic E-state index is 0.267. The van der Waals surface area contributed by atoms with Gasteiger partial charge in [0.15, 0.2) is 0 Å². The van der Waals surface area contributed by atoms with Gasteiger partial charge in [-0.15, -0.1) is 0 Å². The molecule has 4 heteroatoms. The average molecular weight is 323 g/mol. The van der Waals surface area contributed by atoms with Crippen molar-refractivity contribution in [1.29, 1.82) is 0 Å². The number of hydrogen-bond acceptors (Lipinski definition) is 3. The third kappa shape index (κ3) is 3.86. The quantitative estimate of drug-likeness (QED) is 0.662. The molecule has 0 saturated carbocycles. The molecule has 3 rings (SSSR count). The van der Waals surface area contributed by atoms with Gasteiger partial charge in [-0.1, -0.05) is 60.7 Å². The van der Waals surface area contributed by atoms with Gasteiger partial charge < -0.3 is 9.29 Å². The average Bonchev–Trinajstić information content (AvgIpc) is 2.61. The zero-order valence-electron chi connectivity index (χ0n) is 12.3. The van der Waals surface area contributed by atoms with Crippen molar-refractivity contribution >= 4 is 11.1 Å². The Hall–Kier alpha value is -2.43. The molecule has 0 aliphatic heterocycles. The number of hydrogen-bond donors (Lipinski definition) is 0. The van der Waals surface area contributed by atoms with Gasteiger partial charge in [-0.3, -0.25) is 4.21 Å². The Bertz CT molecular complexity index is 801. The first-order chi connectivity index (χ1) is 11.2. The Kier molecular flexibility index (Phi) is 4.86. The Morgan fingerprint density at radius 3 is 2.17 bits per heavy atom. The molecule has 116 valence electrons. The minimum atomic E-state index is -2.29. The molecule has 0 amide bonds. The van der Waals surface area contributed by atoms with E-state index in [1.807, 2.05) is 60.7 Å². The predicted molar refractivity (Wildman–Crippen MR) is 89.8 cm³/mol. The fourth-order valence-electron chi connectivity index (χ4n) is 2.33. The third-order valence-corrected chi connectivity index (χ3v) is 4.18. The summed E-state index contributed by atoms with van der Waals surface area (Å²) in [6, 6.07) is 24.3. The van der Waals surface area contributed by atoms with Crippen LogP contribution in [-0.2, 0) is 17.7 Å². The zero-order chi connectivity index (χ0) is 16.1. The van der Waals surface area contributed by atoms with Crippen molar-refractivity contribution in [2.75, 3.05) is 0 Å². The first kappa shape index (κ1) is 15.5. The summed E-state index contributed by atoms with van der Waals surface area (Å²) < 4.78 is 28.7. The summed E-state index contributed by atoms with van der Waals surface area (Å²) in [6.07, 6.45) is 0. The van der Waals surface area contributed by atoms with Crippen molar-refractivity contribution in [3.05, 3.63) is 84.4 Å². The van der Waals surface area contributed by atoms with Gasteiger partial charge in [0.05, 0.1) is 0 Å². The molecule has 0 aliphatic rings. The highest BCUT2D eigenvalue weighted by molar-refractivity contribution is 7.79. The Morgan fingerprint density at radius 2 is 1.52 bits per heavy atom. The normalized spacial score (nSPS) is 11.9. The standard InChI is InChI=1S/C19H16O3S/c20-23(21)19-12-11-17(22-14-15-7-3-1-4-8-15)13-18(19)16-9-5-2-6-10-16/h1-13H,14H2,(H,20,21)/p-1. The van der Waals surface area contributed by atoms with E-state index in [1.165, 1.54) is 0 Å². The van der Waals surface area contributed by atoms with Crippen molar-refractivity contribution in [3.8, 4) is 16.9 Å². The van der Waals surface area contributed by atoms with Gasteiger partial charge in [-0.25, -0.2) is 0 Å². The van der Waals surface area contributed by atoms with Crippen LogP contribution < -0.4 is 4.74 Å². The maximum absolute atomic E-state index is 11.4. The summed E-state index contributed by atoms with van der Waals surface area (Å²) in [4.78, 5) is 0.267. The van der Waals surface area contributed by atoms with Crippen LogP contribution in [0.3, 0.4) is 0 Å². The molecule has 0 fully saturated rings. The van der Waals surface area contributed by atoms with Crippen LogP contribution in [0.5, 0.6) is 5.75 Å². The Morgan fingerprint density at radius 1 is 0.870 bits per heavy atom. The van der Waals surface area contributed by atoms with Gasteiger partial charge in [-0.05, 0) is 40.4 Å². The van der Waals surface area contributed by atoms with E-state index in [9.17, 15) is 8.76 Å². The molecule has 23 heavy (non-hydrogen) atoms. The summed E-state index contributed by atoms with van der Waals surface area (Å²) >= 11 is -2.29. The minimum Gasteiger partial charge on any atom is -0.768 e. The summed E-state index contributed by atoms with van der Waals surface area (Å²) in [7, 11) is 0. The molecule has 0 saturated heterocycles. The zero-order valence-corrected chi connectivity index (χ0v) is 13.2. The molecule has 0 heterocycles. The molecule has 3 aromatic rings. The van der Waals surface area contributed by atoms with E-state index in [2.05, 4.69) is 0 Å². The monoisotopic (exact) mass is 323 g/mol. The second-order valence-corrected chi connectivity index (χ2v) is 5.94. The largest absolute Gasteiger partial charge is 0.768 e. The highest BCUT2D eigenvalue weighted by Crippen LogP contribution is 2.30. The fraction of sp³-hybridized carbons (Fsp3) is 0.0526. The van der Waals surface area contributed by atoms with E-state index in [4.69, 9.17) is 4.74 Å². The van der Waals surface area contributed by atoms with E-state index in [0.717, 1.165) is 11.1 Å². The van der Waals surface area contributed by atoms with Crippen molar-refractivity contribution in [2.45, 2.75) is 11.5 Å². The highest BCUT2D eigenvalue weighted by Gasteiger charge is 2.08. The van der Waals surface area contributed by atoms with Gasteiger partial charge in [0.1, 0.15) is 12.4 Å². The van der Waals surface area contributed by atoms with Gasteiger partial charge in [0.25, 0.3) is 0 Å². The molecule has 3 aromatic carbocycles. The van der Waals surface area contributed by atoms with Gasteiger partial charge in [0.2, 0.25) is 0 Å². The molecule has 0 aromatic heterocycles. The molecule has 1 atom stereocenters. The van der Waals surface area contributed by atoms with Crippen LogP contribution in [0.2, 0.25) is 0 Å². The molecule has 3 nitrogen and oxygen atoms in total. The second-order valence-electron chi connectivity index (χ2n) is 5.03. The van der Waals surface area contributed by atoms with Crippen LogP contribution in [0.4, 0.5) is 0 Å². The van der Waals surface area contributed by atoms with Crippen molar-refractivity contribution in [1.82, 2.24) is 0 Å². The SMILES string of the molecule is O=S([O-])c1ccc(OCc2ccccc2)cc1-c1ccccc1. The van der Waals surface area contributed by atoms with Crippen molar-refractivity contribution in [2.24, 2.45) is 0 Å². The van der Waals surface area contributed by atoms with Gasteiger partial charge in [0, 0.05) is 10.5 Å². The fourth-order valence-corrected chi connectivity index (χ4v) is 2.86. The molecule has 0 aliphatic carbocycles. The molecular weight excluding hydrogens is 308 g/mol. The lowest BCUT2D eigenvalue weighted by atomic mass is 10.1. The maximum atomic E-state index is 11.4. The van der Waals surface area contributed by atoms with Crippen LogP contribution in [0, 0.1) is 0 Å². The van der Waals surface area contributed by atoms with Crippen molar-refractivity contribution in [3.63, 3.8) is 0 Å². The van der Waals surface area contributed by atoms with E-state index in [0.29, 0.717) is 17.9 Å². The first-order valence-electron chi connectivity index (χ1n) is 7.19. The topological polar surface area (TPSA) is 49.4 Å². The van der Waals surface area contributed by atoms with E-state index < -0.39 is 11.1 Å². The molecule has 1 unspecified atom stereocenters. The summed E-state index contributed by atoms with van der Waals surface area (Å²) in [5, 5.41) is 0. The van der Waals surface area contributed by atoms with E-state index in [-0.39, 0.29) is 4.90 Å². The third-order valence-electron chi connectivity index (χ3n) is 3.46. The lowest BCUT2D eigenvalue weighted by molar-refractivity contribution is 0.306. The molecular formula is C19H15O3S-. The van der Waals surface area contributed by atoms with Gasteiger partial charge in [-0.2, -0.15) is 0 Å². The second kappa shape index (κ2) is 7.22. The van der Waals surface area contributed by atoms with Crippen LogP contribution in [0.25, 0.3) is 11.1 Å². The van der Waals surface area contributed by atoms with Crippen LogP contribution >= 0.6 is 0 Å². The number of rotatable bonds is 5. The Balaban J connectivity index is 1.90. The first-order valence-corrected chi connectivity index (χ1v) is 8.27. The highest BCUT2D eigenvalue weighted by atomic mass is 32.2. The predicted octanol–water partition coefficient (Wildman–Crippen LogP) is 4.17. The van der Waals surface area contributed by atoms with Crippen LogP contribution in [0.15, 0.2) is 83.8 Å². The lowest BCUT2D eigenvalue weighted by Crippen LogP contribution is -1.98. The summed E-state index contributed by atoms with van der Waals surface area (Å²) in [5.41, 5.74) is 2.55. The number of ether oxygens (including phenoxy) is 1.